The van der Waals surface area contributed by atoms with Crippen LogP contribution in [0.15, 0.2) is 24.3 Å². The van der Waals surface area contributed by atoms with Crippen molar-refractivity contribution in [1.29, 1.82) is 0 Å². The van der Waals surface area contributed by atoms with Crippen molar-refractivity contribution < 1.29 is 4.39 Å². The first-order chi connectivity index (χ1) is 10.2. The van der Waals surface area contributed by atoms with Crippen LogP contribution >= 0.6 is 0 Å². The molecule has 1 saturated heterocycles. The Morgan fingerprint density at radius 1 is 1.19 bits per heavy atom. The molecule has 3 rings (SSSR count). The smallest absolute Gasteiger partial charge is 0.231 e. The molecule has 21 heavy (non-hydrogen) atoms. The molecule has 6 nitrogen and oxygen atoms in total. The highest BCUT2D eigenvalue weighted by Crippen LogP contribution is 2.18. The maximum Gasteiger partial charge on any atom is 0.231 e. The number of nitrogens with one attached hydrogen (secondary N) is 1. The number of anilines is 3. The van der Waals surface area contributed by atoms with E-state index in [4.69, 9.17) is 5.73 Å². The van der Waals surface area contributed by atoms with Crippen molar-refractivity contribution in [2.24, 2.45) is 0 Å². The molecule has 1 aromatic heterocycles. The molecule has 2 aromatic rings. The Hall–Kier alpha value is -2.44. The lowest BCUT2D eigenvalue weighted by atomic mass is 10.2. The lowest BCUT2D eigenvalue weighted by Crippen LogP contribution is -2.22. The van der Waals surface area contributed by atoms with Crippen molar-refractivity contribution in [3.8, 4) is 0 Å². The maximum atomic E-state index is 13.1. The summed E-state index contributed by atoms with van der Waals surface area (Å²) in [4.78, 5) is 14.7. The summed E-state index contributed by atoms with van der Waals surface area (Å²) in [5.74, 6) is 0.936. The Labute approximate surface area is 122 Å². The Bertz CT molecular complexity index is 627. The van der Waals surface area contributed by atoms with Gasteiger partial charge in [0, 0.05) is 19.6 Å². The first kappa shape index (κ1) is 13.5. The van der Waals surface area contributed by atoms with E-state index in [1.54, 1.807) is 6.07 Å². The fourth-order valence-electron chi connectivity index (χ4n) is 2.35. The van der Waals surface area contributed by atoms with Gasteiger partial charge >= 0.3 is 0 Å². The summed E-state index contributed by atoms with van der Waals surface area (Å²) in [6.07, 6.45) is 2.27. The molecule has 110 valence electrons. The van der Waals surface area contributed by atoms with Gasteiger partial charge < -0.3 is 16.0 Å². The molecule has 2 heterocycles. The third-order valence-electron chi connectivity index (χ3n) is 3.37. The summed E-state index contributed by atoms with van der Waals surface area (Å²) in [5, 5.41) is 3.06. The van der Waals surface area contributed by atoms with Crippen LogP contribution in [0.25, 0.3) is 0 Å². The van der Waals surface area contributed by atoms with Crippen molar-refractivity contribution in [3.63, 3.8) is 0 Å². The predicted molar refractivity (Wildman–Crippen MR) is 79.4 cm³/mol. The second kappa shape index (κ2) is 5.90. The van der Waals surface area contributed by atoms with Crippen LogP contribution in [-0.2, 0) is 6.54 Å². The van der Waals surface area contributed by atoms with Crippen molar-refractivity contribution in [3.05, 3.63) is 35.6 Å². The van der Waals surface area contributed by atoms with E-state index in [0.717, 1.165) is 31.5 Å². The number of aromatic nitrogens is 3. The number of nitrogen functional groups attached to an aromatic ring is 1. The van der Waals surface area contributed by atoms with Crippen molar-refractivity contribution in [1.82, 2.24) is 15.0 Å². The summed E-state index contributed by atoms with van der Waals surface area (Å²) < 4.78 is 13.1. The molecule has 1 aromatic carbocycles. The molecule has 0 aliphatic carbocycles. The van der Waals surface area contributed by atoms with E-state index < -0.39 is 0 Å². The zero-order chi connectivity index (χ0) is 14.7. The number of hydrogen-bond donors (Lipinski definition) is 2. The minimum atomic E-state index is -0.262. The molecular formula is C14H17FN6. The summed E-state index contributed by atoms with van der Waals surface area (Å²) in [6.45, 7) is 2.31. The summed E-state index contributed by atoms with van der Waals surface area (Å²) in [6, 6.07) is 6.39. The van der Waals surface area contributed by atoms with E-state index in [1.165, 1.54) is 12.1 Å². The lowest BCUT2D eigenvalue weighted by molar-refractivity contribution is 0.626. The van der Waals surface area contributed by atoms with Gasteiger partial charge in [0.25, 0.3) is 0 Å². The standard InChI is InChI=1S/C14H17FN6/c15-11-5-3-4-10(8-11)9-17-13-18-12(16)19-14(20-13)21-6-1-2-7-21/h3-5,8H,1-2,6-7,9H2,(H3,16,17,18,19,20). The quantitative estimate of drug-likeness (QED) is 0.893. The van der Waals surface area contributed by atoms with Crippen LogP contribution in [0.4, 0.5) is 22.2 Å². The zero-order valence-corrected chi connectivity index (χ0v) is 11.6. The number of halogens is 1. The van der Waals surface area contributed by atoms with Crippen LogP contribution in [-0.4, -0.2) is 28.0 Å². The SMILES string of the molecule is Nc1nc(NCc2cccc(F)c2)nc(N2CCCC2)n1. The number of nitrogens with two attached hydrogens (primary N) is 1. The van der Waals surface area contributed by atoms with Gasteiger partial charge in [-0.2, -0.15) is 15.0 Å². The molecule has 1 aliphatic heterocycles. The van der Waals surface area contributed by atoms with Gasteiger partial charge in [-0.15, -0.1) is 0 Å². The average Bonchev–Trinajstić information content (AvgIpc) is 2.99. The second-order valence-electron chi connectivity index (χ2n) is 4.99. The average molecular weight is 288 g/mol. The van der Waals surface area contributed by atoms with E-state index in [0.29, 0.717) is 18.4 Å². The van der Waals surface area contributed by atoms with E-state index in [-0.39, 0.29) is 11.8 Å². The number of nitrogens with zero attached hydrogens (tertiary/aromatic N) is 4. The molecule has 0 radical (unpaired) electrons. The maximum absolute atomic E-state index is 13.1. The molecule has 1 fully saturated rings. The summed E-state index contributed by atoms with van der Waals surface area (Å²) in [7, 11) is 0. The topological polar surface area (TPSA) is 80.0 Å². The van der Waals surface area contributed by atoms with Gasteiger partial charge in [0.05, 0.1) is 0 Å². The van der Waals surface area contributed by atoms with Crippen LogP contribution in [0.3, 0.4) is 0 Å². The monoisotopic (exact) mass is 288 g/mol. The van der Waals surface area contributed by atoms with Crippen molar-refractivity contribution in [2.75, 3.05) is 29.0 Å². The molecule has 3 N–H and O–H groups in total. The van der Waals surface area contributed by atoms with E-state index in [2.05, 4.69) is 25.2 Å². The fourth-order valence-corrected chi connectivity index (χ4v) is 2.35. The number of hydrogen-bond acceptors (Lipinski definition) is 6. The van der Waals surface area contributed by atoms with Crippen LogP contribution < -0.4 is 16.0 Å². The van der Waals surface area contributed by atoms with Crippen molar-refractivity contribution >= 4 is 17.8 Å². The van der Waals surface area contributed by atoms with Gasteiger partial charge in [-0.3, -0.25) is 0 Å². The van der Waals surface area contributed by atoms with Crippen molar-refractivity contribution in [2.45, 2.75) is 19.4 Å². The number of rotatable bonds is 4. The van der Waals surface area contributed by atoms with Gasteiger partial charge in [-0.05, 0) is 30.5 Å². The molecule has 0 unspecified atom stereocenters. The van der Waals surface area contributed by atoms with Crippen LogP contribution in [0, 0.1) is 5.82 Å². The predicted octanol–water partition coefficient (Wildman–Crippen LogP) is 1.81. The highest BCUT2D eigenvalue weighted by Gasteiger charge is 2.16. The molecule has 1 aliphatic rings. The summed E-state index contributed by atoms with van der Waals surface area (Å²) >= 11 is 0. The Morgan fingerprint density at radius 3 is 2.76 bits per heavy atom. The molecule has 0 atom stereocenters. The Morgan fingerprint density at radius 2 is 2.00 bits per heavy atom. The van der Waals surface area contributed by atoms with Gasteiger partial charge in [0.15, 0.2) is 0 Å². The van der Waals surface area contributed by atoms with E-state index in [1.807, 2.05) is 6.07 Å². The molecule has 0 saturated carbocycles. The van der Waals surface area contributed by atoms with Gasteiger partial charge in [-0.1, -0.05) is 12.1 Å². The van der Waals surface area contributed by atoms with Gasteiger partial charge in [-0.25, -0.2) is 4.39 Å². The fraction of sp³-hybridized carbons (Fsp3) is 0.357. The van der Waals surface area contributed by atoms with E-state index in [9.17, 15) is 4.39 Å². The summed E-state index contributed by atoms with van der Waals surface area (Å²) in [5.41, 5.74) is 6.55. The normalized spacial score (nSPS) is 14.4. The van der Waals surface area contributed by atoms with Gasteiger partial charge in [0.2, 0.25) is 17.8 Å². The Balaban J connectivity index is 1.72. The van der Waals surface area contributed by atoms with Crippen LogP contribution in [0.5, 0.6) is 0 Å². The molecule has 0 spiro atoms. The minimum Gasteiger partial charge on any atom is -0.368 e. The molecular weight excluding hydrogens is 271 g/mol. The molecule has 0 amide bonds. The third-order valence-corrected chi connectivity index (χ3v) is 3.37. The van der Waals surface area contributed by atoms with Gasteiger partial charge in [0.1, 0.15) is 5.82 Å². The Kier molecular flexibility index (Phi) is 3.81. The lowest BCUT2D eigenvalue weighted by Gasteiger charge is -2.16. The minimum absolute atomic E-state index is 0.189. The second-order valence-corrected chi connectivity index (χ2v) is 4.99. The first-order valence-corrected chi connectivity index (χ1v) is 6.95. The zero-order valence-electron chi connectivity index (χ0n) is 11.6. The highest BCUT2D eigenvalue weighted by molar-refractivity contribution is 5.42. The highest BCUT2D eigenvalue weighted by atomic mass is 19.1. The first-order valence-electron chi connectivity index (χ1n) is 6.95. The number of benzene rings is 1. The molecule has 7 heteroatoms. The largest absolute Gasteiger partial charge is 0.368 e. The third kappa shape index (κ3) is 3.36. The van der Waals surface area contributed by atoms with E-state index >= 15 is 0 Å². The molecule has 0 bridgehead atoms. The van der Waals surface area contributed by atoms with Crippen LogP contribution in [0.1, 0.15) is 18.4 Å². The van der Waals surface area contributed by atoms with Crippen LogP contribution in [0.2, 0.25) is 0 Å².